The molecule has 0 fully saturated rings. The van der Waals surface area contributed by atoms with E-state index in [1.54, 1.807) is 0 Å². The Bertz CT molecular complexity index is 22.8. The number of rotatable bonds is 1. The van der Waals surface area contributed by atoms with Crippen molar-refractivity contribution in [3.63, 3.8) is 0 Å². The van der Waals surface area contributed by atoms with Gasteiger partial charge in [-0.15, -0.1) is 0 Å². The standard InChI is InChI=1S/CHO3.2Os/c2-1-4-3;;/h3H;;/q-1;;+1. The Morgan fingerprint density at radius 3 is 1.83 bits per heavy atom. The van der Waals surface area contributed by atoms with Crippen molar-refractivity contribution in [2.45, 2.75) is 0 Å². The van der Waals surface area contributed by atoms with E-state index in [9.17, 15) is 0 Å². The van der Waals surface area contributed by atoms with E-state index >= 15 is 0 Å². The summed E-state index contributed by atoms with van der Waals surface area (Å²) in [5.41, 5.74) is 0. The Kier molecular flexibility index (Phi) is 45.8. The summed E-state index contributed by atoms with van der Waals surface area (Å²) in [6.45, 7) is 0.736. The van der Waals surface area contributed by atoms with E-state index in [-0.39, 0.29) is 39.6 Å². The van der Waals surface area contributed by atoms with Crippen LogP contribution in [0, 0.1) is 0 Å². The third-order valence-corrected chi connectivity index (χ3v) is 0.0373. The molecule has 0 aliphatic carbocycles. The summed E-state index contributed by atoms with van der Waals surface area (Å²) in [4.78, 5) is 11.3. The molecule has 0 unspecified atom stereocenters. The molecule has 0 bridgehead atoms. The van der Waals surface area contributed by atoms with Crippen LogP contribution in [0.4, 0.5) is 0 Å². The molecule has 1 radical (unpaired) electrons. The van der Waals surface area contributed by atoms with Crippen molar-refractivity contribution in [3.8, 4) is 0 Å². The van der Waals surface area contributed by atoms with Crippen LogP contribution in [0.3, 0.4) is 0 Å². The van der Waals surface area contributed by atoms with Crippen molar-refractivity contribution in [2.75, 3.05) is 0 Å². The Hall–Kier alpha value is 0.703. The summed E-state index contributed by atoms with van der Waals surface area (Å²) in [5.74, 6) is 0. The Morgan fingerprint density at radius 2 is 1.83 bits per heavy atom. The summed E-state index contributed by atoms with van der Waals surface area (Å²) in [6.07, 6.45) is 0. The second kappa shape index (κ2) is 17.3. The first-order chi connectivity index (χ1) is 1.91. The van der Waals surface area contributed by atoms with Gasteiger partial charge >= 0.3 is 19.8 Å². The van der Waals surface area contributed by atoms with Crippen LogP contribution in [0.2, 0.25) is 0 Å². The molecule has 0 aliphatic rings. The minimum Gasteiger partial charge on any atom is -0.509 e. The first-order valence-corrected chi connectivity index (χ1v) is 0.591. The van der Waals surface area contributed by atoms with Gasteiger partial charge in [-0.25, -0.2) is 5.26 Å². The van der Waals surface area contributed by atoms with Gasteiger partial charge in [0.05, 0.1) is 0 Å². The predicted molar refractivity (Wildman–Crippen MR) is 9.41 cm³/mol. The zero-order valence-electron chi connectivity index (χ0n) is 2.47. The van der Waals surface area contributed by atoms with Gasteiger partial charge in [0.15, 0.2) is 0 Å². The fourth-order valence-corrected chi connectivity index (χ4v) is 0. The van der Waals surface area contributed by atoms with E-state index in [0.717, 1.165) is 6.47 Å². The molecule has 0 spiro atoms. The Morgan fingerprint density at radius 1 is 1.67 bits per heavy atom. The Labute approximate surface area is 61.1 Å². The van der Waals surface area contributed by atoms with Crippen molar-refractivity contribution in [1.29, 1.82) is 0 Å². The van der Waals surface area contributed by atoms with Crippen LogP contribution in [0.25, 0.3) is 0 Å². The fraction of sp³-hybridized carbons (Fsp3) is 0. The molecule has 0 atom stereocenters. The average molecular weight is 441 g/mol. The van der Waals surface area contributed by atoms with E-state index in [1.807, 2.05) is 0 Å². The molecule has 1 N–H and O–H groups in total. The monoisotopic (exact) mass is 445 g/mol. The van der Waals surface area contributed by atoms with Gasteiger partial charge in [-0.1, -0.05) is 0 Å². The van der Waals surface area contributed by atoms with Crippen molar-refractivity contribution >= 4 is 6.47 Å². The molecule has 0 rings (SSSR count). The number of hydrogen-bond donors (Lipinski definition) is 1. The van der Waals surface area contributed by atoms with Gasteiger partial charge in [0.25, 0.3) is 0 Å². The quantitative estimate of drug-likeness (QED) is 0.340. The topological polar surface area (TPSA) is 46.5 Å². The molecule has 0 saturated heterocycles. The minimum atomic E-state index is 0. The SMILES string of the molecule is O=[C-]OO.[Os+].[Os]. The molecule has 0 aromatic heterocycles. The normalized spacial score (nSPS) is 3.50. The molecule has 0 amide bonds. The molecular weight excluding hydrogens is 440 g/mol. The number of carbonyl (C=O) groups excluding carboxylic acids is 1. The van der Waals surface area contributed by atoms with Crippen molar-refractivity contribution in [3.05, 3.63) is 0 Å². The smallest absolute Gasteiger partial charge is 0.509 e. The van der Waals surface area contributed by atoms with Crippen LogP contribution in [-0.2, 0) is 49.3 Å². The molecule has 0 aromatic carbocycles. The number of hydrogen-bond acceptors (Lipinski definition) is 3. The van der Waals surface area contributed by atoms with E-state index in [0.29, 0.717) is 0 Å². The molecule has 3 nitrogen and oxygen atoms in total. The second-order valence-electron chi connectivity index (χ2n) is 0.175. The maximum Gasteiger partial charge on any atom is 1.00 e. The second-order valence-corrected chi connectivity index (χ2v) is 0.175. The van der Waals surface area contributed by atoms with Crippen LogP contribution < -0.4 is 0 Å². The molecule has 6 heavy (non-hydrogen) atoms. The van der Waals surface area contributed by atoms with Gasteiger partial charge in [-0.3, -0.25) is 0 Å². The third-order valence-electron chi connectivity index (χ3n) is 0.0373. The zero-order valence-corrected chi connectivity index (χ0v) is 7.55. The average Bonchev–Trinajstić information content (AvgIpc) is 1.37. The van der Waals surface area contributed by atoms with Gasteiger partial charge in [0.2, 0.25) is 0 Å². The zero-order chi connectivity index (χ0) is 3.41. The first-order valence-electron chi connectivity index (χ1n) is 0.591. The Balaban J connectivity index is -0.0000000450. The fourth-order valence-electron chi connectivity index (χ4n) is 0. The van der Waals surface area contributed by atoms with E-state index < -0.39 is 0 Å². The van der Waals surface area contributed by atoms with Gasteiger partial charge in [0.1, 0.15) is 0 Å². The third kappa shape index (κ3) is 22.2. The van der Waals surface area contributed by atoms with Crippen molar-refractivity contribution < 1.29 is 54.5 Å². The molecule has 5 heteroatoms. The summed E-state index contributed by atoms with van der Waals surface area (Å²) in [7, 11) is 0. The molecule has 0 saturated carbocycles. The summed E-state index contributed by atoms with van der Waals surface area (Å²) >= 11 is 0. The van der Waals surface area contributed by atoms with Gasteiger partial charge in [-0.2, -0.15) is 0 Å². The van der Waals surface area contributed by atoms with Crippen LogP contribution in [0.15, 0.2) is 0 Å². The summed E-state index contributed by atoms with van der Waals surface area (Å²) in [6, 6.07) is 0. The molecule has 0 heterocycles. The molecule has 39 valence electrons. The van der Waals surface area contributed by atoms with Crippen LogP contribution in [-0.4, -0.2) is 11.7 Å². The molecular formula is CHO3Os2. The molecule has 0 aliphatic heterocycles. The van der Waals surface area contributed by atoms with Crippen LogP contribution in [0.5, 0.6) is 0 Å². The maximum absolute atomic E-state index is 8.58. The van der Waals surface area contributed by atoms with E-state index in [2.05, 4.69) is 4.89 Å². The van der Waals surface area contributed by atoms with Gasteiger partial charge < -0.3 is 9.68 Å². The largest absolute Gasteiger partial charge is 1.00 e. The van der Waals surface area contributed by atoms with Crippen molar-refractivity contribution in [2.24, 2.45) is 0 Å². The first kappa shape index (κ1) is 15.9. The van der Waals surface area contributed by atoms with Crippen LogP contribution >= 0.6 is 0 Å². The maximum atomic E-state index is 8.58. The minimum absolute atomic E-state index is 0. The van der Waals surface area contributed by atoms with Gasteiger partial charge in [-0.05, 0) is 6.47 Å². The van der Waals surface area contributed by atoms with Gasteiger partial charge in [0, 0.05) is 19.8 Å². The predicted octanol–water partition coefficient (Wildman–Crippen LogP) is -0.462. The summed E-state index contributed by atoms with van der Waals surface area (Å²) < 4.78 is 0. The molecule has 0 aromatic rings. The van der Waals surface area contributed by atoms with Crippen LogP contribution in [0.1, 0.15) is 0 Å². The summed E-state index contributed by atoms with van der Waals surface area (Å²) in [5, 5.41) is 6.95. The van der Waals surface area contributed by atoms with E-state index in [4.69, 9.17) is 10.1 Å². The van der Waals surface area contributed by atoms with E-state index in [1.165, 1.54) is 0 Å². The van der Waals surface area contributed by atoms with Crippen molar-refractivity contribution in [1.82, 2.24) is 0 Å².